The number of piperidine rings is 1. The molecule has 0 spiro atoms. The topological polar surface area (TPSA) is 75.9 Å². The summed E-state index contributed by atoms with van der Waals surface area (Å²) in [5.74, 6) is 1.40. The van der Waals surface area contributed by atoms with Gasteiger partial charge in [-0.15, -0.1) is 0 Å². The molecule has 0 unspecified atom stereocenters. The van der Waals surface area contributed by atoms with Crippen LogP contribution in [0.5, 0.6) is 0 Å². The molecule has 0 bridgehead atoms. The molecule has 3 rings (SSSR count). The van der Waals surface area contributed by atoms with Gasteiger partial charge in [0.1, 0.15) is 5.76 Å². The molecule has 0 atom stereocenters. The standard InChI is InChI=1S/C16H23N3O4/c1-11-14(16(21)19-7-9-22-10-8-19)17-15(23-11)13-3-5-18(6-4-13)12(2)20/h13H,3-10H2,1-2H3. The Labute approximate surface area is 135 Å². The quantitative estimate of drug-likeness (QED) is 0.817. The highest BCUT2D eigenvalue weighted by Gasteiger charge is 2.29. The molecule has 0 aliphatic carbocycles. The van der Waals surface area contributed by atoms with E-state index in [4.69, 9.17) is 9.15 Å². The summed E-state index contributed by atoms with van der Waals surface area (Å²) in [6.45, 7) is 7.14. The van der Waals surface area contributed by atoms with Crippen molar-refractivity contribution in [1.29, 1.82) is 0 Å². The van der Waals surface area contributed by atoms with Crippen molar-refractivity contribution in [3.05, 3.63) is 17.3 Å². The largest absolute Gasteiger partial charge is 0.445 e. The molecule has 0 saturated carbocycles. The highest BCUT2D eigenvalue weighted by molar-refractivity contribution is 5.93. The van der Waals surface area contributed by atoms with E-state index in [9.17, 15) is 9.59 Å². The fourth-order valence-electron chi connectivity index (χ4n) is 3.15. The van der Waals surface area contributed by atoms with Crippen LogP contribution in [-0.2, 0) is 9.53 Å². The van der Waals surface area contributed by atoms with E-state index < -0.39 is 0 Å². The molecule has 1 aromatic rings. The normalized spacial score (nSPS) is 19.9. The summed E-state index contributed by atoms with van der Waals surface area (Å²) >= 11 is 0. The third-order valence-electron chi connectivity index (χ3n) is 4.60. The van der Waals surface area contributed by atoms with Gasteiger partial charge in [-0.1, -0.05) is 0 Å². The molecule has 0 radical (unpaired) electrons. The minimum Gasteiger partial charge on any atom is -0.445 e. The maximum Gasteiger partial charge on any atom is 0.276 e. The third-order valence-corrected chi connectivity index (χ3v) is 4.60. The van der Waals surface area contributed by atoms with Crippen LogP contribution in [0.15, 0.2) is 4.42 Å². The number of carbonyl (C=O) groups excluding carboxylic acids is 2. The van der Waals surface area contributed by atoms with E-state index in [1.165, 1.54) is 0 Å². The van der Waals surface area contributed by atoms with Crippen LogP contribution in [0.3, 0.4) is 0 Å². The molecule has 3 heterocycles. The number of nitrogens with zero attached hydrogens (tertiary/aromatic N) is 3. The predicted molar refractivity (Wildman–Crippen MR) is 82.2 cm³/mol. The molecule has 2 aliphatic rings. The number of rotatable bonds is 2. The van der Waals surface area contributed by atoms with Crippen LogP contribution >= 0.6 is 0 Å². The van der Waals surface area contributed by atoms with Crippen molar-refractivity contribution >= 4 is 11.8 Å². The number of amides is 2. The molecule has 2 aliphatic heterocycles. The summed E-state index contributed by atoms with van der Waals surface area (Å²) in [5, 5.41) is 0. The van der Waals surface area contributed by atoms with Crippen LogP contribution in [0, 0.1) is 6.92 Å². The first-order valence-corrected chi connectivity index (χ1v) is 8.16. The van der Waals surface area contributed by atoms with Gasteiger partial charge in [-0.25, -0.2) is 4.98 Å². The maximum atomic E-state index is 12.6. The predicted octanol–water partition coefficient (Wildman–Crippen LogP) is 1.18. The smallest absolute Gasteiger partial charge is 0.276 e. The van der Waals surface area contributed by atoms with Crippen molar-refractivity contribution in [2.75, 3.05) is 39.4 Å². The molecule has 7 nitrogen and oxygen atoms in total. The molecule has 2 fully saturated rings. The number of aryl methyl sites for hydroxylation is 1. The van der Waals surface area contributed by atoms with E-state index >= 15 is 0 Å². The Morgan fingerprint density at radius 1 is 1.09 bits per heavy atom. The summed E-state index contributed by atoms with van der Waals surface area (Å²) in [7, 11) is 0. The van der Waals surface area contributed by atoms with E-state index in [0.29, 0.717) is 56.7 Å². The van der Waals surface area contributed by atoms with Crippen molar-refractivity contribution in [2.45, 2.75) is 32.6 Å². The monoisotopic (exact) mass is 321 g/mol. The molecular weight excluding hydrogens is 298 g/mol. The van der Waals surface area contributed by atoms with Gasteiger partial charge in [-0.2, -0.15) is 0 Å². The number of hydrogen-bond donors (Lipinski definition) is 0. The number of aromatic nitrogens is 1. The molecule has 1 aromatic heterocycles. The first kappa shape index (κ1) is 16.0. The average Bonchev–Trinajstić information content (AvgIpc) is 2.97. The van der Waals surface area contributed by atoms with Gasteiger partial charge >= 0.3 is 0 Å². The molecule has 2 saturated heterocycles. The third kappa shape index (κ3) is 3.39. The molecule has 0 N–H and O–H groups in total. The Balaban J connectivity index is 1.69. The van der Waals surface area contributed by atoms with Crippen LogP contribution < -0.4 is 0 Å². The van der Waals surface area contributed by atoms with Crippen LogP contribution in [0.1, 0.15) is 47.8 Å². The Morgan fingerprint density at radius 2 is 1.74 bits per heavy atom. The maximum absolute atomic E-state index is 12.6. The lowest BCUT2D eigenvalue weighted by Gasteiger charge is -2.29. The van der Waals surface area contributed by atoms with Gasteiger partial charge < -0.3 is 19.0 Å². The van der Waals surface area contributed by atoms with E-state index in [2.05, 4.69) is 4.98 Å². The lowest BCUT2D eigenvalue weighted by atomic mass is 9.97. The van der Waals surface area contributed by atoms with Gasteiger partial charge in [0.25, 0.3) is 5.91 Å². The van der Waals surface area contributed by atoms with Gasteiger partial charge in [0.15, 0.2) is 11.6 Å². The second-order valence-electron chi connectivity index (χ2n) is 6.14. The summed E-state index contributed by atoms with van der Waals surface area (Å²) in [6.07, 6.45) is 1.65. The lowest BCUT2D eigenvalue weighted by Crippen LogP contribution is -2.41. The first-order valence-electron chi connectivity index (χ1n) is 8.16. The second kappa shape index (κ2) is 6.70. The molecule has 23 heavy (non-hydrogen) atoms. The second-order valence-corrected chi connectivity index (χ2v) is 6.14. The zero-order valence-corrected chi connectivity index (χ0v) is 13.7. The fourth-order valence-corrected chi connectivity index (χ4v) is 3.15. The molecule has 7 heteroatoms. The number of oxazole rings is 1. The minimum atomic E-state index is -0.0815. The Kier molecular flexibility index (Phi) is 4.66. The molecule has 0 aromatic carbocycles. The number of carbonyl (C=O) groups is 2. The van der Waals surface area contributed by atoms with E-state index in [1.807, 2.05) is 4.90 Å². The Bertz CT molecular complexity index is 584. The minimum absolute atomic E-state index is 0.0815. The van der Waals surface area contributed by atoms with E-state index in [1.54, 1.807) is 18.7 Å². The van der Waals surface area contributed by atoms with Crippen LogP contribution in [0.25, 0.3) is 0 Å². The van der Waals surface area contributed by atoms with Crippen LogP contribution in [-0.4, -0.2) is 66.0 Å². The fraction of sp³-hybridized carbons (Fsp3) is 0.688. The zero-order chi connectivity index (χ0) is 16.4. The van der Waals surface area contributed by atoms with Gasteiger partial charge in [0, 0.05) is 39.0 Å². The summed E-state index contributed by atoms with van der Waals surface area (Å²) in [6, 6.07) is 0. The number of morpholine rings is 1. The van der Waals surface area contributed by atoms with Crippen molar-refractivity contribution < 1.29 is 18.7 Å². The van der Waals surface area contributed by atoms with Gasteiger partial charge in [-0.3, -0.25) is 9.59 Å². The van der Waals surface area contributed by atoms with E-state index in [0.717, 1.165) is 12.8 Å². The summed E-state index contributed by atoms with van der Waals surface area (Å²) < 4.78 is 11.0. The van der Waals surface area contributed by atoms with Crippen LogP contribution in [0.2, 0.25) is 0 Å². The highest BCUT2D eigenvalue weighted by Crippen LogP contribution is 2.29. The van der Waals surface area contributed by atoms with Crippen molar-refractivity contribution in [1.82, 2.24) is 14.8 Å². The van der Waals surface area contributed by atoms with Crippen LogP contribution in [0.4, 0.5) is 0 Å². The molecular formula is C16H23N3O4. The van der Waals surface area contributed by atoms with Crippen molar-refractivity contribution in [3.8, 4) is 0 Å². The van der Waals surface area contributed by atoms with Crippen molar-refractivity contribution in [3.63, 3.8) is 0 Å². The van der Waals surface area contributed by atoms with Gasteiger partial charge in [-0.05, 0) is 19.8 Å². The first-order chi connectivity index (χ1) is 11.1. The SMILES string of the molecule is CC(=O)N1CCC(c2nc(C(=O)N3CCOCC3)c(C)o2)CC1. The summed E-state index contributed by atoms with van der Waals surface area (Å²) in [4.78, 5) is 32.0. The van der Waals surface area contributed by atoms with Crippen molar-refractivity contribution in [2.24, 2.45) is 0 Å². The average molecular weight is 321 g/mol. The molecule has 2 amide bonds. The Morgan fingerprint density at radius 3 is 2.35 bits per heavy atom. The van der Waals surface area contributed by atoms with E-state index in [-0.39, 0.29) is 17.7 Å². The van der Waals surface area contributed by atoms with Gasteiger partial charge in [0.2, 0.25) is 5.91 Å². The van der Waals surface area contributed by atoms with Gasteiger partial charge in [0.05, 0.1) is 13.2 Å². The number of ether oxygens (including phenoxy) is 1. The molecule has 126 valence electrons. The summed E-state index contributed by atoms with van der Waals surface area (Å²) in [5.41, 5.74) is 0.413. The zero-order valence-electron chi connectivity index (χ0n) is 13.7. The number of hydrogen-bond acceptors (Lipinski definition) is 5. The lowest BCUT2D eigenvalue weighted by molar-refractivity contribution is -0.129. The highest BCUT2D eigenvalue weighted by atomic mass is 16.5. The number of likely N-dealkylation sites (tertiary alicyclic amines) is 1. The Hall–Kier alpha value is -1.89.